The van der Waals surface area contributed by atoms with E-state index in [2.05, 4.69) is 22.0 Å². The van der Waals surface area contributed by atoms with E-state index < -0.39 is 11.7 Å². The van der Waals surface area contributed by atoms with E-state index in [0.717, 1.165) is 50.5 Å². The van der Waals surface area contributed by atoms with Gasteiger partial charge in [-0.25, -0.2) is 0 Å². The monoisotopic (exact) mass is 350 g/mol. The van der Waals surface area contributed by atoms with Crippen molar-refractivity contribution in [3.63, 3.8) is 0 Å². The molecule has 1 saturated carbocycles. The predicted molar refractivity (Wildman–Crippen MR) is 92.0 cm³/mol. The first-order chi connectivity index (χ1) is 12.0. The Labute approximate surface area is 147 Å². The zero-order chi connectivity index (χ0) is 17.4. The van der Waals surface area contributed by atoms with E-state index in [4.69, 9.17) is 0 Å². The van der Waals surface area contributed by atoms with Gasteiger partial charge in [-0.2, -0.15) is 13.2 Å². The largest absolute Gasteiger partial charge is 0.416 e. The van der Waals surface area contributed by atoms with Crippen molar-refractivity contribution >= 4 is 0 Å². The van der Waals surface area contributed by atoms with Crippen LogP contribution in [0.2, 0.25) is 0 Å². The topological polar surface area (TPSA) is 6.48 Å². The fourth-order valence-corrected chi connectivity index (χ4v) is 4.74. The maximum absolute atomic E-state index is 13.1. The number of alkyl halides is 3. The van der Waals surface area contributed by atoms with Gasteiger partial charge in [-0.3, -0.25) is 4.90 Å². The molecule has 2 bridgehead atoms. The van der Waals surface area contributed by atoms with Crippen LogP contribution in [0, 0.1) is 17.8 Å². The second-order valence-corrected chi connectivity index (χ2v) is 7.77. The molecule has 3 atom stereocenters. The summed E-state index contributed by atoms with van der Waals surface area (Å²) in [5.41, 5.74) is -0.104. The Morgan fingerprint density at radius 2 is 1.64 bits per heavy atom. The number of rotatable bonds is 4. The normalized spacial score (nSPS) is 30.3. The SMILES string of the molecule is FC(F)(F)c1ccccc1CN1CCN(C[C@@H]2C[C@@H]3C=C[C@H]2C3)CC1. The number of allylic oxidation sites excluding steroid dienone is 2. The van der Waals surface area contributed by atoms with Gasteiger partial charge in [0.2, 0.25) is 0 Å². The minimum Gasteiger partial charge on any atom is -0.300 e. The van der Waals surface area contributed by atoms with E-state index in [1.807, 2.05) is 0 Å². The highest BCUT2D eigenvalue weighted by atomic mass is 19.4. The minimum absolute atomic E-state index is 0.389. The van der Waals surface area contributed by atoms with Crippen LogP contribution in [0.4, 0.5) is 13.2 Å². The van der Waals surface area contributed by atoms with Gasteiger partial charge in [0.25, 0.3) is 0 Å². The molecule has 136 valence electrons. The molecule has 0 radical (unpaired) electrons. The maximum Gasteiger partial charge on any atom is 0.416 e. The number of hydrogen-bond donors (Lipinski definition) is 0. The van der Waals surface area contributed by atoms with Crippen molar-refractivity contribution in [3.8, 4) is 0 Å². The summed E-state index contributed by atoms with van der Waals surface area (Å²) in [4.78, 5) is 4.66. The van der Waals surface area contributed by atoms with Crippen LogP contribution in [0.5, 0.6) is 0 Å². The quantitative estimate of drug-likeness (QED) is 0.757. The first-order valence-electron chi connectivity index (χ1n) is 9.27. The average molecular weight is 350 g/mol. The molecule has 25 heavy (non-hydrogen) atoms. The average Bonchev–Trinajstić information content (AvgIpc) is 3.19. The molecule has 1 heterocycles. The summed E-state index contributed by atoms with van der Waals surface area (Å²) in [6.07, 6.45) is 3.15. The molecule has 0 aromatic heterocycles. The number of hydrogen-bond acceptors (Lipinski definition) is 2. The number of fused-ring (bicyclic) bond motifs is 2. The van der Waals surface area contributed by atoms with Gasteiger partial charge in [0, 0.05) is 39.3 Å². The number of piperazine rings is 1. The Morgan fingerprint density at radius 1 is 0.920 bits per heavy atom. The smallest absolute Gasteiger partial charge is 0.300 e. The van der Waals surface area contributed by atoms with Crippen molar-refractivity contribution in [2.75, 3.05) is 32.7 Å². The molecule has 0 amide bonds. The third kappa shape index (κ3) is 3.77. The molecule has 3 aliphatic rings. The molecule has 1 aromatic rings. The van der Waals surface area contributed by atoms with Crippen molar-refractivity contribution in [3.05, 3.63) is 47.5 Å². The Hall–Kier alpha value is -1.33. The summed E-state index contributed by atoms with van der Waals surface area (Å²) in [6.45, 7) is 5.17. The summed E-state index contributed by atoms with van der Waals surface area (Å²) in [5, 5.41) is 0. The van der Waals surface area contributed by atoms with E-state index >= 15 is 0 Å². The van der Waals surface area contributed by atoms with Gasteiger partial charge < -0.3 is 4.90 Å². The molecule has 2 fully saturated rings. The molecule has 0 N–H and O–H groups in total. The minimum atomic E-state index is -4.27. The van der Waals surface area contributed by atoms with Crippen molar-refractivity contribution < 1.29 is 13.2 Å². The van der Waals surface area contributed by atoms with Crippen LogP contribution in [0.3, 0.4) is 0 Å². The molecular weight excluding hydrogens is 325 g/mol. The lowest BCUT2D eigenvalue weighted by atomic mass is 9.93. The molecule has 0 spiro atoms. The number of benzene rings is 1. The molecule has 1 aromatic carbocycles. The van der Waals surface area contributed by atoms with Gasteiger partial charge in [0.05, 0.1) is 5.56 Å². The second kappa shape index (κ2) is 6.76. The Balaban J connectivity index is 1.30. The molecular formula is C20H25F3N2. The van der Waals surface area contributed by atoms with Crippen molar-refractivity contribution in [2.24, 2.45) is 17.8 Å². The molecule has 1 aliphatic heterocycles. The Morgan fingerprint density at radius 3 is 2.28 bits per heavy atom. The van der Waals surface area contributed by atoms with Gasteiger partial charge in [-0.1, -0.05) is 30.4 Å². The summed E-state index contributed by atoms with van der Waals surface area (Å²) >= 11 is 0. The summed E-state index contributed by atoms with van der Waals surface area (Å²) in [7, 11) is 0. The van der Waals surface area contributed by atoms with Gasteiger partial charge in [0.15, 0.2) is 0 Å². The van der Waals surface area contributed by atoms with Crippen LogP contribution in [-0.2, 0) is 12.7 Å². The number of nitrogens with zero attached hydrogens (tertiary/aromatic N) is 2. The van der Waals surface area contributed by atoms with E-state index in [-0.39, 0.29) is 0 Å². The van der Waals surface area contributed by atoms with Crippen molar-refractivity contribution in [1.29, 1.82) is 0 Å². The number of halogens is 3. The van der Waals surface area contributed by atoms with E-state index in [9.17, 15) is 13.2 Å². The maximum atomic E-state index is 13.1. The van der Waals surface area contributed by atoms with Crippen LogP contribution in [-0.4, -0.2) is 42.5 Å². The summed E-state index contributed by atoms with van der Waals surface area (Å²) in [6, 6.07) is 5.96. The van der Waals surface area contributed by atoms with Crippen LogP contribution >= 0.6 is 0 Å². The lowest BCUT2D eigenvalue weighted by Crippen LogP contribution is -2.47. The first-order valence-corrected chi connectivity index (χ1v) is 9.27. The Kier molecular flexibility index (Phi) is 4.63. The van der Waals surface area contributed by atoms with Crippen LogP contribution in [0.15, 0.2) is 36.4 Å². The molecule has 1 saturated heterocycles. The molecule has 2 aliphatic carbocycles. The van der Waals surface area contributed by atoms with Crippen LogP contribution in [0.25, 0.3) is 0 Å². The van der Waals surface area contributed by atoms with Gasteiger partial charge in [-0.05, 0) is 42.2 Å². The molecule has 4 rings (SSSR count). The fourth-order valence-electron chi connectivity index (χ4n) is 4.74. The summed E-state index contributed by atoms with van der Waals surface area (Å²) < 4.78 is 39.4. The highest BCUT2D eigenvalue weighted by Crippen LogP contribution is 2.43. The zero-order valence-electron chi connectivity index (χ0n) is 14.4. The van der Waals surface area contributed by atoms with Crippen molar-refractivity contribution in [2.45, 2.75) is 25.6 Å². The highest BCUT2D eigenvalue weighted by molar-refractivity contribution is 5.29. The standard InChI is InChI=1S/C20H25F3N2/c21-20(22,23)19-4-2-1-3-17(19)13-24-7-9-25(10-8-24)14-18-12-15-5-6-16(18)11-15/h1-6,15-16,18H,7-14H2/t15-,16+,18+/m1/s1. The molecule has 2 nitrogen and oxygen atoms in total. The molecule has 5 heteroatoms. The lowest BCUT2D eigenvalue weighted by Gasteiger charge is -2.37. The van der Waals surface area contributed by atoms with Gasteiger partial charge in [0.1, 0.15) is 0 Å². The second-order valence-electron chi connectivity index (χ2n) is 7.77. The van der Waals surface area contributed by atoms with Crippen LogP contribution < -0.4 is 0 Å². The van der Waals surface area contributed by atoms with Gasteiger partial charge in [-0.15, -0.1) is 0 Å². The third-order valence-corrected chi connectivity index (χ3v) is 6.09. The van der Waals surface area contributed by atoms with Crippen LogP contribution in [0.1, 0.15) is 24.0 Å². The highest BCUT2D eigenvalue weighted by Gasteiger charge is 2.37. The Bertz CT molecular complexity index is 632. The molecule has 0 unspecified atom stereocenters. The van der Waals surface area contributed by atoms with Crippen molar-refractivity contribution in [1.82, 2.24) is 9.80 Å². The van der Waals surface area contributed by atoms with E-state index in [0.29, 0.717) is 12.1 Å². The lowest BCUT2D eigenvalue weighted by molar-refractivity contribution is -0.138. The fraction of sp³-hybridized carbons (Fsp3) is 0.600. The summed E-state index contributed by atoms with van der Waals surface area (Å²) in [5.74, 6) is 2.35. The third-order valence-electron chi connectivity index (χ3n) is 6.09. The first kappa shape index (κ1) is 17.1. The zero-order valence-corrected chi connectivity index (χ0v) is 14.4. The van der Waals surface area contributed by atoms with Gasteiger partial charge >= 0.3 is 6.18 Å². The van der Waals surface area contributed by atoms with E-state index in [1.165, 1.54) is 25.0 Å². The predicted octanol–water partition coefficient (Wildman–Crippen LogP) is 4.04. The van der Waals surface area contributed by atoms with E-state index in [1.54, 1.807) is 12.1 Å².